The molecule has 20 heavy (non-hydrogen) atoms. The highest BCUT2D eigenvalue weighted by Gasteiger charge is 2.19. The molecule has 0 amide bonds. The molecule has 0 bridgehead atoms. The lowest BCUT2D eigenvalue weighted by Gasteiger charge is -2.07. The molecule has 0 fully saturated rings. The van der Waals surface area contributed by atoms with Gasteiger partial charge in [0, 0.05) is 17.8 Å². The standard InChI is InChI=1S/C12H16N6O2/c1-7-4-14-10(8(2)12(7)18(19)20)5-17-6-11(9(3)13)15-16-17/h4,6,9H,5,13H2,1-3H3. The van der Waals surface area contributed by atoms with Crippen LogP contribution in [-0.2, 0) is 6.54 Å². The van der Waals surface area contributed by atoms with Gasteiger partial charge in [-0.15, -0.1) is 5.10 Å². The van der Waals surface area contributed by atoms with Crippen molar-refractivity contribution in [2.75, 3.05) is 0 Å². The van der Waals surface area contributed by atoms with E-state index in [4.69, 9.17) is 5.73 Å². The second-order valence-corrected chi connectivity index (χ2v) is 4.75. The Morgan fingerprint density at radius 3 is 2.75 bits per heavy atom. The molecule has 106 valence electrons. The molecular formula is C12H16N6O2. The van der Waals surface area contributed by atoms with Gasteiger partial charge < -0.3 is 5.73 Å². The van der Waals surface area contributed by atoms with Gasteiger partial charge in [-0.2, -0.15) is 0 Å². The molecule has 2 N–H and O–H groups in total. The van der Waals surface area contributed by atoms with Crippen LogP contribution in [0.5, 0.6) is 0 Å². The fourth-order valence-corrected chi connectivity index (χ4v) is 1.96. The summed E-state index contributed by atoms with van der Waals surface area (Å²) in [5.74, 6) is 0. The van der Waals surface area contributed by atoms with E-state index in [-0.39, 0.29) is 16.7 Å². The average Bonchev–Trinajstić information content (AvgIpc) is 2.81. The lowest BCUT2D eigenvalue weighted by molar-refractivity contribution is -0.386. The van der Waals surface area contributed by atoms with E-state index in [1.165, 1.54) is 6.20 Å². The first kappa shape index (κ1) is 14.1. The van der Waals surface area contributed by atoms with Crippen molar-refractivity contribution in [3.63, 3.8) is 0 Å². The molecule has 0 aliphatic heterocycles. The molecule has 8 nitrogen and oxygen atoms in total. The van der Waals surface area contributed by atoms with Crippen molar-refractivity contribution in [2.24, 2.45) is 5.73 Å². The minimum absolute atomic E-state index is 0.0996. The van der Waals surface area contributed by atoms with Gasteiger partial charge in [0.1, 0.15) is 0 Å². The first-order chi connectivity index (χ1) is 9.40. The highest BCUT2D eigenvalue weighted by molar-refractivity contribution is 5.47. The average molecular weight is 276 g/mol. The number of rotatable bonds is 4. The molecule has 8 heteroatoms. The van der Waals surface area contributed by atoms with E-state index in [9.17, 15) is 10.1 Å². The molecule has 0 saturated heterocycles. The Balaban J connectivity index is 2.34. The summed E-state index contributed by atoms with van der Waals surface area (Å²) in [5, 5.41) is 19.0. The van der Waals surface area contributed by atoms with E-state index >= 15 is 0 Å². The Labute approximate surface area is 115 Å². The van der Waals surface area contributed by atoms with Crippen LogP contribution in [0, 0.1) is 24.0 Å². The number of pyridine rings is 1. The van der Waals surface area contributed by atoms with Crippen LogP contribution < -0.4 is 5.73 Å². The molecule has 0 spiro atoms. The molecule has 1 unspecified atom stereocenters. The number of aryl methyl sites for hydroxylation is 1. The third kappa shape index (κ3) is 2.64. The summed E-state index contributed by atoms with van der Waals surface area (Å²) < 4.78 is 1.58. The zero-order valence-corrected chi connectivity index (χ0v) is 11.6. The summed E-state index contributed by atoms with van der Waals surface area (Å²) in [5.41, 5.74) is 8.18. The lowest BCUT2D eigenvalue weighted by Crippen LogP contribution is -2.08. The fraction of sp³-hybridized carbons (Fsp3) is 0.417. The number of nitrogens with two attached hydrogens (primary N) is 1. The van der Waals surface area contributed by atoms with Gasteiger partial charge in [-0.25, -0.2) is 4.68 Å². The highest BCUT2D eigenvalue weighted by atomic mass is 16.6. The molecule has 2 rings (SSSR count). The minimum atomic E-state index is -0.384. The number of nitrogens with zero attached hydrogens (tertiary/aromatic N) is 5. The topological polar surface area (TPSA) is 113 Å². The van der Waals surface area contributed by atoms with Gasteiger partial charge in [0.15, 0.2) is 0 Å². The van der Waals surface area contributed by atoms with Gasteiger partial charge in [0.2, 0.25) is 0 Å². The van der Waals surface area contributed by atoms with Crippen LogP contribution in [0.3, 0.4) is 0 Å². The Hall–Kier alpha value is -2.35. The number of hydrogen-bond acceptors (Lipinski definition) is 6. The van der Waals surface area contributed by atoms with Crippen LogP contribution in [-0.4, -0.2) is 24.9 Å². The van der Waals surface area contributed by atoms with Gasteiger partial charge in [0.25, 0.3) is 5.69 Å². The molecule has 0 aromatic carbocycles. The zero-order valence-electron chi connectivity index (χ0n) is 11.6. The summed E-state index contributed by atoms with van der Waals surface area (Å²) in [4.78, 5) is 14.9. The SMILES string of the molecule is Cc1cnc(Cn2cc(C(C)N)nn2)c(C)c1[N+](=O)[O-]. The highest BCUT2D eigenvalue weighted by Crippen LogP contribution is 2.24. The largest absolute Gasteiger partial charge is 0.323 e. The molecular weight excluding hydrogens is 260 g/mol. The Kier molecular flexibility index (Phi) is 3.75. The van der Waals surface area contributed by atoms with Gasteiger partial charge >= 0.3 is 0 Å². The minimum Gasteiger partial charge on any atom is -0.323 e. The van der Waals surface area contributed by atoms with Gasteiger partial charge in [0.05, 0.1) is 34.6 Å². The van der Waals surface area contributed by atoms with E-state index in [2.05, 4.69) is 15.3 Å². The van der Waals surface area contributed by atoms with Crippen LogP contribution in [0.25, 0.3) is 0 Å². The molecule has 2 aromatic heterocycles. The maximum Gasteiger partial charge on any atom is 0.278 e. The van der Waals surface area contributed by atoms with Crippen LogP contribution in [0.1, 0.15) is 35.5 Å². The second-order valence-electron chi connectivity index (χ2n) is 4.75. The maximum absolute atomic E-state index is 11.1. The van der Waals surface area contributed by atoms with Crippen LogP contribution in [0.2, 0.25) is 0 Å². The number of hydrogen-bond donors (Lipinski definition) is 1. The van der Waals surface area contributed by atoms with E-state index in [0.29, 0.717) is 29.1 Å². The third-order valence-electron chi connectivity index (χ3n) is 3.09. The predicted octanol–water partition coefficient (Wildman–Crippen LogP) is 1.27. The molecule has 0 aliphatic carbocycles. The fourth-order valence-electron chi connectivity index (χ4n) is 1.96. The molecule has 2 heterocycles. The lowest BCUT2D eigenvalue weighted by atomic mass is 10.1. The van der Waals surface area contributed by atoms with Crippen molar-refractivity contribution in [1.29, 1.82) is 0 Å². The van der Waals surface area contributed by atoms with Gasteiger partial charge in [-0.05, 0) is 20.8 Å². The summed E-state index contributed by atoms with van der Waals surface area (Å²) in [6.07, 6.45) is 3.22. The molecule has 0 radical (unpaired) electrons. The zero-order chi connectivity index (χ0) is 14.9. The van der Waals surface area contributed by atoms with Crippen LogP contribution in [0.4, 0.5) is 5.69 Å². The Morgan fingerprint density at radius 2 is 2.20 bits per heavy atom. The smallest absolute Gasteiger partial charge is 0.278 e. The monoisotopic (exact) mass is 276 g/mol. The molecule has 1 atom stereocenters. The van der Waals surface area contributed by atoms with Crippen molar-refractivity contribution < 1.29 is 4.92 Å². The summed E-state index contributed by atoms with van der Waals surface area (Å²) in [6.45, 7) is 5.50. The predicted molar refractivity (Wildman–Crippen MR) is 72.1 cm³/mol. The Morgan fingerprint density at radius 1 is 1.50 bits per heavy atom. The number of nitro groups is 1. The van der Waals surface area contributed by atoms with E-state index in [1.54, 1.807) is 24.7 Å². The third-order valence-corrected chi connectivity index (χ3v) is 3.09. The number of aromatic nitrogens is 4. The second kappa shape index (κ2) is 5.33. The molecule has 2 aromatic rings. The van der Waals surface area contributed by atoms with Crippen molar-refractivity contribution in [2.45, 2.75) is 33.4 Å². The van der Waals surface area contributed by atoms with E-state index < -0.39 is 0 Å². The van der Waals surface area contributed by atoms with E-state index in [0.717, 1.165) is 0 Å². The van der Waals surface area contributed by atoms with Crippen LogP contribution >= 0.6 is 0 Å². The summed E-state index contributed by atoms with van der Waals surface area (Å²) >= 11 is 0. The Bertz CT molecular complexity index is 649. The summed E-state index contributed by atoms with van der Waals surface area (Å²) in [6, 6.07) is -0.204. The normalized spacial score (nSPS) is 12.4. The van der Waals surface area contributed by atoms with Crippen molar-refractivity contribution >= 4 is 5.69 Å². The van der Waals surface area contributed by atoms with E-state index in [1.807, 2.05) is 6.92 Å². The van der Waals surface area contributed by atoms with Gasteiger partial charge in [-0.1, -0.05) is 5.21 Å². The van der Waals surface area contributed by atoms with Crippen molar-refractivity contribution in [3.8, 4) is 0 Å². The summed E-state index contributed by atoms with van der Waals surface area (Å²) in [7, 11) is 0. The first-order valence-electron chi connectivity index (χ1n) is 6.15. The molecule has 0 aliphatic rings. The van der Waals surface area contributed by atoms with Crippen molar-refractivity contribution in [1.82, 2.24) is 20.0 Å². The quantitative estimate of drug-likeness (QED) is 0.664. The van der Waals surface area contributed by atoms with Gasteiger partial charge in [-0.3, -0.25) is 15.1 Å². The van der Waals surface area contributed by atoms with Crippen LogP contribution in [0.15, 0.2) is 12.4 Å². The molecule has 0 saturated carbocycles. The maximum atomic E-state index is 11.1. The van der Waals surface area contributed by atoms with Crippen molar-refractivity contribution in [3.05, 3.63) is 45.0 Å². The first-order valence-corrected chi connectivity index (χ1v) is 6.15.